The van der Waals surface area contributed by atoms with E-state index in [9.17, 15) is 13.2 Å². The first-order valence-electron chi connectivity index (χ1n) is 8.70. The molecule has 2 fully saturated rings. The molecule has 0 spiro atoms. The Morgan fingerprint density at radius 3 is 2.36 bits per heavy atom. The van der Waals surface area contributed by atoms with Crippen LogP contribution >= 0.6 is 12.4 Å². The number of piperazine rings is 1. The summed E-state index contributed by atoms with van der Waals surface area (Å²) in [5, 5.41) is 3.35. The number of methoxy groups -OCH3 is 1. The first-order valence-corrected chi connectivity index (χ1v) is 8.70. The smallest absolute Gasteiger partial charge is 0.416 e. The molecule has 3 nitrogen and oxygen atoms in total. The lowest BCUT2D eigenvalue weighted by atomic mass is 9.88. The van der Waals surface area contributed by atoms with Crippen LogP contribution in [0.25, 0.3) is 0 Å². The van der Waals surface area contributed by atoms with Gasteiger partial charge in [-0.2, -0.15) is 13.2 Å². The Labute approximate surface area is 153 Å². The second-order valence-corrected chi connectivity index (χ2v) is 6.73. The lowest BCUT2D eigenvalue weighted by Crippen LogP contribution is -2.46. The highest BCUT2D eigenvalue weighted by atomic mass is 35.5. The molecule has 1 saturated carbocycles. The Balaban J connectivity index is 0.00000225. The Hall–Kier alpha value is -0.980. The van der Waals surface area contributed by atoms with Crippen LogP contribution in [0.1, 0.15) is 42.9 Å². The summed E-state index contributed by atoms with van der Waals surface area (Å²) in [5.41, 5.74) is 0.257. The molecule has 3 rings (SSSR count). The lowest BCUT2D eigenvalue weighted by Gasteiger charge is -2.39. The van der Waals surface area contributed by atoms with Crippen molar-refractivity contribution in [2.75, 3.05) is 33.3 Å². The number of hydrogen-bond acceptors (Lipinski definition) is 3. The average Bonchev–Trinajstić information content (AvgIpc) is 3.09. The van der Waals surface area contributed by atoms with Crippen LogP contribution < -0.4 is 10.1 Å². The van der Waals surface area contributed by atoms with Crippen LogP contribution in [0.15, 0.2) is 18.2 Å². The molecular weight excluding hydrogens is 353 g/mol. The second kappa shape index (κ2) is 8.60. The zero-order valence-electron chi connectivity index (χ0n) is 14.4. The highest BCUT2D eigenvalue weighted by Gasteiger charge is 2.36. The van der Waals surface area contributed by atoms with Gasteiger partial charge < -0.3 is 10.1 Å². The van der Waals surface area contributed by atoms with Gasteiger partial charge in [0.1, 0.15) is 5.75 Å². The third kappa shape index (κ3) is 4.60. The predicted molar refractivity (Wildman–Crippen MR) is 94.4 cm³/mol. The number of hydrogen-bond donors (Lipinski definition) is 1. The Morgan fingerprint density at radius 1 is 1.16 bits per heavy atom. The summed E-state index contributed by atoms with van der Waals surface area (Å²) >= 11 is 0. The van der Waals surface area contributed by atoms with Crippen molar-refractivity contribution in [3.05, 3.63) is 29.3 Å². The maximum Gasteiger partial charge on any atom is 0.416 e. The fourth-order valence-corrected chi connectivity index (χ4v) is 4.11. The van der Waals surface area contributed by atoms with E-state index in [0.29, 0.717) is 11.7 Å². The van der Waals surface area contributed by atoms with Crippen molar-refractivity contribution < 1.29 is 17.9 Å². The minimum absolute atomic E-state index is 0. The van der Waals surface area contributed by atoms with Gasteiger partial charge in [-0.25, -0.2) is 0 Å². The molecule has 1 aliphatic carbocycles. The number of benzene rings is 1. The zero-order chi connectivity index (χ0) is 17.2. The van der Waals surface area contributed by atoms with Crippen molar-refractivity contribution in [1.29, 1.82) is 0 Å². The highest BCUT2D eigenvalue weighted by molar-refractivity contribution is 5.85. The van der Waals surface area contributed by atoms with Gasteiger partial charge in [0.2, 0.25) is 0 Å². The molecule has 1 atom stereocenters. The van der Waals surface area contributed by atoms with Crippen LogP contribution in [0, 0.1) is 5.92 Å². The number of halogens is 4. The number of nitrogens with zero attached hydrogens (tertiary/aromatic N) is 1. The molecule has 25 heavy (non-hydrogen) atoms. The summed E-state index contributed by atoms with van der Waals surface area (Å²) in [7, 11) is 1.46. The van der Waals surface area contributed by atoms with Crippen molar-refractivity contribution in [3.8, 4) is 5.75 Å². The molecule has 0 aromatic heterocycles. The minimum Gasteiger partial charge on any atom is -0.496 e. The van der Waals surface area contributed by atoms with E-state index in [1.54, 1.807) is 6.07 Å². The number of alkyl halides is 3. The summed E-state index contributed by atoms with van der Waals surface area (Å²) in [4.78, 5) is 2.41. The summed E-state index contributed by atoms with van der Waals surface area (Å²) in [6, 6.07) is 4.13. The van der Waals surface area contributed by atoms with Crippen molar-refractivity contribution in [2.24, 2.45) is 5.92 Å². The Bertz CT molecular complexity index is 556. The van der Waals surface area contributed by atoms with E-state index >= 15 is 0 Å². The topological polar surface area (TPSA) is 24.5 Å². The predicted octanol–water partition coefficient (Wildman–Crippen LogP) is 4.27. The number of ether oxygens (including phenoxy) is 1. The molecule has 7 heteroatoms. The first kappa shape index (κ1) is 20.3. The van der Waals surface area contributed by atoms with E-state index in [0.717, 1.165) is 50.7 Å². The standard InChI is InChI=1S/C18H25F3N2O.ClH/c1-24-16-12-14(18(19,20)21)6-7-15(16)17(13-4-2-3-5-13)23-10-8-22-9-11-23;/h6-7,12-13,17,22H,2-5,8-11H2,1H3;1H/t17-;/m0./s1. The van der Waals surface area contributed by atoms with Crippen molar-refractivity contribution in [2.45, 2.75) is 37.9 Å². The molecular formula is C18H26ClF3N2O. The van der Waals surface area contributed by atoms with Crippen LogP contribution in [0.4, 0.5) is 13.2 Å². The van der Waals surface area contributed by atoms with Gasteiger partial charge in [-0.05, 0) is 30.9 Å². The van der Waals surface area contributed by atoms with Gasteiger partial charge in [0.05, 0.1) is 12.7 Å². The minimum atomic E-state index is -4.34. The molecule has 2 aliphatic rings. The van der Waals surface area contributed by atoms with Crippen molar-refractivity contribution in [1.82, 2.24) is 10.2 Å². The summed E-state index contributed by atoms with van der Waals surface area (Å²) in [6.07, 6.45) is 0.341. The van der Waals surface area contributed by atoms with E-state index in [1.807, 2.05) is 0 Å². The summed E-state index contributed by atoms with van der Waals surface area (Å²) < 4.78 is 44.4. The van der Waals surface area contributed by atoms with Gasteiger partial charge in [-0.15, -0.1) is 12.4 Å². The SMILES string of the molecule is COc1cc(C(F)(F)F)ccc1[C@H](C1CCCC1)N1CCNCC1.Cl. The first-order chi connectivity index (χ1) is 11.5. The fraction of sp³-hybridized carbons (Fsp3) is 0.667. The molecule has 0 radical (unpaired) electrons. The fourth-order valence-electron chi connectivity index (χ4n) is 4.11. The molecule has 1 saturated heterocycles. The molecule has 0 amide bonds. The van der Waals surface area contributed by atoms with Crippen molar-refractivity contribution in [3.63, 3.8) is 0 Å². The quantitative estimate of drug-likeness (QED) is 0.846. The van der Waals surface area contributed by atoms with Crippen LogP contribution in [-0.2, 0) is 6.18 Å². The maximum atomic E-state index is 13.0. The largest absolute Gasteiger partial charge is 0.496 e. The second-order valence-electron chi connectivity index (χ2n) is 6.73. The normalized spacial score (nSPS) is 21.0. The monoisotopic (exact) mass is 378 g/mol. The van der Waals surface area contributed by atoms with Crippen LogP contribution in [0.3, 0.4) is 0 Å². The Morgan fingerprint density at radius 2 is 1.80 bits per heavy atom. The highest BCUT2D eigenvalue weighted by Crippen LogP contribution is 2.44. The molecule has 1 N–H and O–H groups in total. The van der Waals surface area contributed by atoms with Crippen LogP contribution in [0.5, 0.6) is 5.75 Å². The molecule has 142 valence electrons. The van der Waals surface area contributed by atoms with E-state index in [2.05, 4.69) is 10.2 Å². The van der Waals surface area contributed by atoms with Crippen molar-refractivity contribution >= 4 is 12.4 Å². The molecule has 1 aliphatic heterocycles. The molecule has 1 aromatic carbocycles. The zero-order valence-corrected chi connectivity index (χ0v) is 15.3. The van der Waals surface area contributed by atoms with E-state index in [4.69, 9.17) is 4.74 Å². The molecule has 0 unspecified atom stereocenters. The van der Waals surface area contributed by atoms with Gasteiger partial charge in [-0.3, -0.25) is 4.90 Å². The summed E-state index contributed by atoms with van der Waals surface area (Å²) in [5.74, 6) is 0.856. The Kier molecular flexibility index (Phi) is 7.00. The molecule has 1 aromatic rings. The third-order valence-corrected chi connectivity index (χ3v) is 5.27. The van der Waals surface area contributed by atoms with Gasteiger partial charge in [0.25, 0.3) is 0 Å². The molecule has 0 bridgehead atoms. The third-order valence-electron chi connectivity index (χ3n) is 5.27. The van der Waals surface area contributed by atoms with Gasteiger partial charge in [-0.1, -0.05) is 18.9 Å². The maximum absolute atomic E-state index is 13.0. The number of rotatable bonds is 4. The lowest BCUT2D eigenvalue weighted by molar-refractivity contribution is -0.137. The molecule has 1 heterocycles. The van der Waals surface area contributed by atoms with Gasteiger partial charge in [0.15, 0.2) is 0 Å². The van der Waals surface area contributed by atoms with Gasteiger partial charge >= 0.3 is 6.18 Å². The van der Waals surface area contributed by atoms with Crippen LogP contribution in [0.2, 0.25) is 0 Å². The van der Waals surface area contributed by atoms with Crippen LogP contribution in [-0.4, -0.2) is 38.2 Å². The number of nitrogens with one attached hydrogen (secondary N) is 1. The summed E-state index contributed by atoms with van der Waals surface area (Å²) in [6.45, 7) is 3.69. The van der Waals surface area contributed by atoms with E-state index < -0.39 is 11.7 Å². The van der Waals surface area contributed by atoms with E-state index in [-0.39, 0.29) is 18.4 Å². The van der Waals surface area contributed by atoms with E-state index in [1.165, 1.54) is 26.0 Å². The van der Waals surface area contributed by atoms with Gasteiger partial charge in [0, 0.05) is 37.8 Å². The average molecular weight is 379 g/mol.